The van der Waals surface area contributed by atoms with Crippen molar-refractivity contribution < 1.29 is 23.2 Å². The molecular formula is C12H18N2O2. The molecule has 0 saturated carbocycles. The largest absolute Gasteiger partial charge is 0.465 e. The Balaban J connectivity index is 2.73. The number of imidazole rings is 1. The molecule has 1 aromatic heterocycles. The van der Waals surface area contributed by atoms with Gasteiger partial charge in [0.25, 0.3) is 0 Å². The maximum absolute atomic E-state index is 12.3. The van der Waals surface area contributed by atoms with Crippen molar-refractivity contribution in [2.24, 2.45) is 18.8 Å². The number of esters is 1. The normalized spacial score (nSPS) is 48.0. The summed E-state index contributed by atoms with van der Waals surface area (Å²) in [6.07, 6.45) is -4.75. The van der Waals surface area contributed by atoms with Gasteiger partial charge in [0.15, 0.2) is 0 Å². The van der Waals surface area contributed by atoms with Gasteiger partial charge in [0, 0.05) is 34.4 Å². The van der Waals surface area contributed by atoms with E-state index in [1.54, 1.807) is 6.92 Å². The van der Waals surface area contributed by atoms with Crippen LogP contribution in [0.3, 0.4) is 0 Å². The van der Waals surface area contributed by atoms with Gasteiger partial charge in [-0.3, -0.25) is 4.79 Å². The number of cyclic esters (lactones) is 1. The molecule has 1 aromatic rings. The molecule has 2 rings (SSSR count). The van der Waals surface area contributed by atoms with Crippen LogP contribution in [-0.4, -0.2) is 22.1 Å². The first-order valence-corrected chi connectivity index (χ1v) is 4.66. The number of rotatable bonds is 3. The molecule has 0 N–H and O–H groups in total. The van der Waals surface area contributed by atoms with Crippen molar-refractivity contribution in [3.63, 3.8) is 0 Å². The molecule has 88 valence electrons. The summed E-state index contributed by atoms with van der Waals surface area (Å²) in [5, 5.41) is 0. The highest BCUT2D eigenvalue weighted by atomic mass is 16.5. The Morgan fingerprint density at radius 1 is 2.00 bits per heavy atom. The molecular weight excluding hydrogens is 204 g/mol. The minimum atomic E-state index is -3.58. The molecule has 0 radical (unpaired) electrons. The van der Waals surface area contributed by atoms with Crippen molar-refractivity contribution in [3.05, 3.63) is 17.7 Å². The molecule has 0 aromatic carbocycles. The topological polar surface area (TPSA) is 44.1 Å². The fourth-order valence-electron chi connectivity index (χ4n) is 1.40. The van der Waals surface area contributed by atoms with Gasteiger partial charge in [-0.25, -0.2) is 4.98 Å². The van der Waals surface area contributed by atoms with Gasteiger partial charge in [-0.2, -0.15) is 0 Å². The molecule has 0 bridgehead atoms. The lowest BCUT2D eigenvalue weighted by atomic mass is 9.89. The zero-order chi connectivity index (χ0) is 20.5. The van der Waals surface area contributed by atoms with Gasteiger partial charge in [-0.05, 0) is 19.7 Å². The van der Waals surface area contributed by atoms with Crippen LogP contribution in [0.5, 0.6) is 0 Å². The Morgan fingerprint density at radius 2 is 2.81 bits per heavy atom. The van der Waals surface area contributed by atoms with Gasteiger partial charge in [0.1, 0.15) is 5.82 Å². The van der Waals surface area contributed by atoms with Crippen LogP contribution >= 0.6 is 0 Å². The molecule has 0 unspecified atom stereocenters. The maximum Gasteiger partial charge on any atom is 0.309 e. The fraction of sp³-hybridized carbons (Fsp3) is 0.667. The number of carbonyl (C=O) groups excluding carboxylic acids is 1. The quantitative estimate of drug-likeness (QED) is 0.741. The highest BCUT2D eigenvalue weighted by Gasteiger charge is 2.35. The van der Waals surface area contributed by atoms with Crippen LogP contribution < -0.4 is 0 Å². The molecule has 1 aliphatic rings. The second-order valence-electron chi connectivity index (χ2n) is 3.42. The number of aromatic nitrogens is 2. The van der Waals surface area contributed by atoms with Crippen molar-refractivity contribution in [1.29, 1.82) is 0 Å². The third kappa shape index (κ3) is 1.84. The second kappa shape index (κ2) is 4.28. The summed E-state index contributed by atoms with van der Waals surface area (Å²) in [4.78, 5) is 16.1. The number of nitrogens with zero attached hydrogens (tertiary/aromatic N) is 2. The van der Waals surface area contributed by atoms with E-state index < -0.39 is 44.0 Å². The lowest BCUT2D eigenvalue weighted by molar-refractivity contribution is -0.141. The average molecular weight is 232 g/mol. The highest BCUT2D eigenvalue weighted by Crippen LogP contribution is 2.28. The summed E-state index contributed by atoms with van der Waals surface area (Å²) in [6.45, 7) is -5.11. The molecule has 2 heterocycles. The van der Waals surface area contributed by atoms with E-state index in [-0.39, 0.29) is 11.9 Å². The van der Waals surface area contributed by atoms with Crippen molar-refractivity contribution >= 4 is 5.97 Å². The minimum Gasteiger partial charge on any atom is -0.465 e. The first-order chi connectivity index (χ1) is 11.4. The third-order valence-electron chi connectivity index (χ3n) is 2.48. The van der Waals surface area contributed by atoms with E-state index in [0.29, 0.717) is 5.82 Å². The van der Waals surface area contributed by atoms with Crippen molar-refractivity contribution in [1.82, 2.24) is 9.55 Å². The van der Waals surface area contributed by atoms with Crippen molar-refractivity contribution in [3.8, 4) is 0 Å². The van der Waals surface area contributed by atoms with Crippen LogP contribution in [0.2, 0.25) is 0 Å². The van der Waals surface area contributed by atoms with Crippen LogP contribution in [0.1, 0.15) is 38.5 Å². The number of ether oxygens (including phenoxy) is 1. The molecule has 0 amide bonds. The van der Waals surface area contributed by atoms with E-state index in [0.717, 1.165) is 0 Å². The van der Waals surface area contributed by atoms with E-state index in [2.05, 4.69) is 9.72 Å². The number of carbonyl (C=O) groups is 1. The molecule has 2 atom stereocenters. The molecule has 1 aliphatic heterocycles. The number of hydrogen-bond acceptors (Lipinski definition) is 3. The van der Waals surface area contributed by atoms with E-state index in [4.69, 9.17) is 13.7 Å². The van der Waals surface area contributed by atoms with Crippen molar-refractivity contribution in [2.75, 3.05) is 6.56 Å². The molecule has 0 spiro atoms. The molecule has 0 aliphatic carbocycles. The molecule has 1 saturated heterocycles. The zero-order valence-electron chi connectivity index (χ0n) is 18.9. The summed E-state index contributed by atoms with van der Waals surface area (Å²) in [5.41, 5.74) is -0.0439. The fourth-order valence-corrected chi connectivity index (χ4v) is 1.40. The van der Waals surface area contributed by atoms with Gasteiger partial charge < -0.3 is 9.30 Å². The Kier molecular flexibility index (Phi) is 1.11. The number of hydrogen-bond donors (Lipinski definition) is 0. The van der Waals surface area contributed by atoms with Gasteiger partial charge in [0.05, 0.1) is 16.6 Å². The Morgan fingerprint density at radius 3 is 3.44 bits per heavy atom. The predicted molar refractivity (Wildman–Crippen MR) is 59.9 cm³/mol. The lowest BCUT2D eigenvalue weighted by Gasteiger charge is -2.13. The monoisotopic (exact) mass is 232 g/mol. The maximum atomic E-state index is 12.3. The summed E-state index contributed by atoms with van der Waals surface area (Å²) in [5.74, 6) is -7.82. The summed E-state index contributed by atoms with van der Waals surface area (Å²) < 4.78 is 84.1. The highest BCUT2D eigenvalue weighted by molar-refractivity contribution is 5.74. The van der Waals surface area contributed by atoms with E-state index in [1.165, 1.54) is 11.6 Å². The lowest BCUT2D eigenvalue weighted by Crippen LogP contribution is -2.18. The van der Waals surface area contributed by atoms with Gasteiger partial charge in [-0.1, -0.05) is 6.85 Å². The summed E-state index contributed by atoms with van der Waals surface area (Å²) in [7, 11) is 1.47. The standard InChI is InChI=1S/C12H18N2O2/c1-4-11-9(7-16-12(11)15)5-10-6-13-8(2)14(10)3/h6,9,11H,4-5,7H2,1-3H3/t9-,11-/m0/s1/i1D3,4D2,6D,7D2,9D,11D. The SMILES string of the molecule is [2H]c1nc(C)n(C)c1C[C@@]1([2H])C([2H])([2H])OC(=O)[C@@]1([2H])C([2H])([2H])C([2H])([2H])[2H]. The van der Waals surface area contributed by atoms with Crippen LogP contribution in [0.15, 0.2) is 6.17 Å². The second-order valence-corrected chi connectivity index (χ2v) is 3.42. The minimum absolute atomic E-state index is 0.0439. The Hall–Kier alpha value is -1.32. The molecule has 4 nitrogen and oxygen atoms in total. The van der Waals surface area contributed by atoms with Gasteiger partial charge in [-0.15, -0.1) is 0 Å². The Labute approximate surface area is 110 Å². The average Bonchev–Trinajstić information content (AvgIpc) is 2.77. The zero-order valence-corrected chi connectivity index (χ0v) is 8.92. The van der Waals surface area contributed by atoms with Crippen LogP contribution in [0.25, 0.3) is 0 Å². The summed E-state index contributed by atoms with van der Waals surface area (Å²) >= 11 is 0. The van der Waals surface area contributed by atoms with Crippen LogP contribution in [-0.2, 0) is 23.0 Å². The molecule has 16 heavy (non-hydrogen) atoms. The first-order valence-electron chi connectivity index (χ1n) is 9.66. The van der Waals surface area contributed by atoms with Crippen LogP contribution in [0.4, 0.5) is 0 Å². The summed E-state index contributed by atoms with van der Waals surface area (Å²) in [6, 6.07) is 0. The van der Waals surface area contributed by atoms with Gasteiger partial charge >= 0.3 is 5.97 Å². The van der Waals surface area contributed by atoms with E-state index in [1.807, 2.05) is 0 Å². The smallest absolute Gasteiger partial charge is 0.309 e. The molecule has 1 fully saturated rings. The van der Waals surface area contributed by atoms with Crippen LogP contribution in [0, 0.1) is 18.7 Å². The first kappa shape index (κ1) is 4.17. The Bertz CT molecular complexity index is 758. The third-order valence-corrected chi connectivity index (χ3v) is 2.48. The van der Waals surface area contributed by atoms with Gasteiger partial charge in [0.2, 0.25) is 0 Å². The number of aryl methyl sites for hydroxylation is 1. The van der Waals surface area contributed by atoms with Crippen molar-refractivity contribution in [2.45, 2.75) is 26.6 Å². The van der Waals surface area contributed by atoms with E-state index >= 15 is 0 Å². The predicted octanol–water partition coefficient (Wildman–Crippen LogP) is 1.47. The molecule has 4 heteroatoms. The van der Waals surface area contributed by atoms with E-state index in [9.17, 15) is 4.79 Å².